The molecule has 1 amide bonds. The Hall–Kier alpha value is -3.48. The van der Waals surface area contributed by atoms with Crippen LogP contribution in [0.1, 0.15) is 21.7 Å². The van der Waals surface area contributed by atoms with Crippen LogP contribution in [0, 0.1) is 6.92 Å². The van der Waals surface area contributed by atoms with Gasteiger partial charge in [0.15, 0.2) is 5.82 Å². The molecule has 0 radical (unpaired) electrons. The summed E-state index contributed by atoms with van der Waals surface area (Å²) in [6.07, 6.45) is 5.28. The van der Waals surface area contributed by atoms with Gasteiger partial charge < -0.3 is 9.88 Å². The predicted molar refractivity (Wildman–Crippen MR) is 98.0 cm³/mol. The van der Waals surface area contributed by atoms with Gasteiger partial charge in [-0.15, -0.1) is 0 Å². The van der Waals surface area contributed by atoms with Gasteiger partial charge in [0.05, 0.1) is 11.0 Å². The number of rotatable bonds is 4. The van der Waals surface area contributed by atoms with Gasteiger partial charge in [-0.3, -0.25) is 4.79 Å². The molecule has 0 aliphatic heterocycles. The first-order chi connectivity index (χ1) is 12.6. The molecule has 1 aromatic carbocycles. The van der Waals surface area contributed by atoms with Crippen molar-refractivity contribution in [1.29, 1.82) is 0 Å². The molecule has 0 aliphatic carbocycles. The van der Waals surface area contributed by atoms with Crippen LogP contribution in [-0.2, 0) is 13.6 Å². The summed E-state index contributed by atoms with van der Waals surface area (Å²) in [7, 11) is 1.96. The van der Waals surface area contributed by atoms with Gasteiger partial charge in [0.2, 0.25) is 0 Å². The molecule has 0 saturated carbocycles. The molecule has 7 nitrogen and oxygen atoms in total. The second-order valence-corrected chi connectivity index (χ2v) is 6.08. The maximum atomic E-state index is 12.4. The smallest absolute Gasteiger partial charge is 0.251 e. The predicted octanol–water partition coefficient (Wildman–Crippen LogP) is 2.39. The molecule has 7 heteroatoms. The van der Waals surface area contributed by atoms with E-state index < -0.39 is 0 Å². The van der Waals surface area contributed by atoms with E-state index in [0.717, 1.165) is 28.2 Å². The molecule has 0 aliphatic rings. The molecule has 0 atom stereocenters. The van der Waals surface area contributed by atoms with Gasteiger partial charge >= 0.3 is 0 Å². The van der Waals surface area contributed by atoms with Crippen LogP contribution in [-0.4, -0.2) is 30.2 Å². The second kappa shape index (κ2) is 6.44. The normalized spacial score (nSPS) is 11.0. The van der Waals surface area contributed by atoms with E-state index in [-0.39, 0.29) is 5.91 Å². The Morgan fingerprint density at radius 2 is 2.12 bits per heavy atom. The van der Waals surface area contributed by atoms with E-state index in [1.807, 2.05) is 61.1 Å². The lowest BCUT2D eigenvalue weighted by Crippen LogP contribution is -2.22. The first kappa shape index (κ1) is 16.0. The average molecular weight is 346 g/mol. The van der Waals surface area contributed by atoms with Gasteiger partial charge in [-0.1, -0.05) is 6.07 Å². The summed E-state index contributed by atoms with van der Waals surface area (Å²) in [6, 6.07) is 11.2. The van der Waals surface area contributed by atoms with Crippen LogP contribution in [0.3, 0.4) is 0 Å². The van der Waals surface area contributed by atoms with E-state index in [2.05, 4.69) is 20.4 Å². The summed E-state index contributed by atoms with van der Waals surface area (Å²) in [6.45, 7) is 2.35. The molecule has 0 fully saturated rings. The van der Waals surface area contributed by atoms with E-state index in [0.29, 0.717) is 12.1 Å². The zero-order valence-electron chi connectivity index (χ0n) is 14.5. The lowest BCUT2D eigenvalue weighted by atomic mass is 10.2. The van der Waals surface area contributed by atoms with Crippen molar-refractivity contribution >= 4 is 16.9 Å². The first-order valence-corrected chi connectivity index (χ1v) is 8.28. The number of benzene rings is 1. The van der Waals surface area contributed by atoms with E-state index in [1.165, 1.54) is 0 Å². The number of nitrogens with one attached hydrogen (secondary N) is 1. The summed E-state index contributed by atoms with van der Waals surface area (Å²) in [4.78, 5) is 21.3. The minimum atomic E-state index is -0.133. The Labute approximate surface area is 150 Å². The fourth-order valence-electron chi connectivity index (χ4n) is 2.81. The number of hydrogen-bond acceptors (Lipinski definition) is 4. The number of fused-ring (bicyclic) bond motifs is 1. The van der Waals surface area contributed by atoms with E-state index in [4.69, 9.17) is 0 Å². The Kier molecular flexibility index (Phi) is 3.96. The fourth-order valence-corrected chi connectivity index (χ4v) is 2.81. The zero-order chi connectivity index (χ0) is 18.1. The number of hydrogen-bond donors (Lipinski definition) is 1. The minimum Gasteiger partial charge on any atom is -0.348 e. The third kappa shape index (κ3) is 2.95. The van der Waals surface area contributed by atoms with Crippen molar-refractivity contribution in [2.24, 2.45) is 7.05 Å². The van der Waals surface area contributed by atoms with Crippen molar-refractivity contribution in [2.75, 3.05) is 0 Å². The van der Waals surface area contributed by atoms with Gasteiger partial charge in [0, 0.05) is 37.7 Å². The molecule has 0 bridgehead atoms. The van der Waals surface area contributed by atoms with Crippen LogP contribution >= 0.6 is 0 Å². The van der Waals surface area contributed by atoms with E-state index in [1.54, 1.807) is 17.1 Å². The molecule has 0 saturated heterocycles. The highest BCUT2D eigenvalue weighted by molar-refractivity contribution is 5.97. The maximum Gasteiger partial charge on any atom is 0.251 e. The fraction of sp³-hybridized carbons (Fsp3) is 0.158. The standard InChI is InChI=1S/C19H18N6O/c1-13-23-16-10-15(5-6-17(16)24(13)2)19(26)21-12-14-4-7-18(20-11-14)25-9-3-8-22-25/h3-11H,12H2,1-2H3,(H,21,26). The molecule has 1 N–H and O–H groups in total. The number of amides is 1. The SMILES string of the molecule is Cc1nc2cc(C(=O)NCc3ccc(-n4cccn4)nc3)ccc2n1C. The number of carbonyl (C=O) groups excluding carboxylic acids is 1. The molecule has 4 aromatic rings. The van der Waals surface area contributed by atoms with Crippen molar-refractivity contribution in [1.82, 2.24) is 29.6 Å². The monoisotopic (exact) mass is 346 g/mol. The lowest BCUT2D eigenvalue weighted by molar-refractivity contribution is 0.0951. The Morgan fingerprint density at radius 3 is 2.85 bits per heavy atom. The second-order valence-electron chi connectivity index (χ2n) is 6.08. The van der Waals surface area contributed by atoms with Crippen molar-refractivity contribution < 1.29 is 4.79 Å². The summed E-state index contributed by atoms with van der Waals surface area (Å²) >= 11 is 0. The molecule has 0 spiro atoms. The molecular formula is C19H18N6O. The minimum absolute atomic E-state index is 0.133. The van der Waals surface area contributed by atoms with Gasteiger partial charge in [0.25, 0.3) is 5.91 Å². The van der Waals surface area contributed by atoms with E-state index >= 15 is 0 Å². The number of aryl methyl sites for hydroxylation is 2. The third-order valence-corrected chi connectivity index (χ3v) is 4.37. The Balaban J connectivity index is 1.45. The maximum absolute atomic E-state index is 12.4. The Bertz CT molecular complexity index is 1060. The van der Waals surface area contributed by atoms with Crippen molar-refractivity contribution in [3.05, 3.63) is 71.9 Å². The van der Waals surface area contributed by atoms with Gasteiger partial charge in [-0.25, -0.2) is 14.6 Å². The molecular weight excluding hydrogens is 328 g/mol. The van der Waals surface area contributed by atoms with Crippen LogP contribution in [0.4, 0.5) is 0 Å². The van der Waals surface area contributed by atoms with Crippen LogP contribution in [0.15, 0.2) is 55.0 Å². The highest BCUT2D eigenvalue weighted by atomic mass is 16.1. The third-order valence-electron chi connectivity index (χ3n) is 4.37. The number of carbonyl (C=O) groups is 1. The molecule has 26 heavy (non-hydrogen) atoms. The largest absolute Gasteiger partial charge is 0.348 e. The topological polar surface area (TPSA) is 77.6 Å². The van der Waals surface area contributed by atoms with E-state index in [9.17, 15) is 4.79 Å². The van der Waals surface area contributed by atoms with Gasteiger partial charge in [-0.05, 0) is 42.8 Å². The van der Waals surface area contributed by atoms with Crippen LogP contribution in [0.2, 0.25) is 0 Å². The number of aromatic nitrogens is 5. The lowest BCUT2D eigenvalue weighted by Gasteiger charge is -2.06. The van der Waals surface area contributed by atoms with Crippen molar-refractivity contribution in [3.63, 3.8) is 0 Å². The number of nitrogens with zero attached hydrogens (tertiary/aromatic N) is 5. The van der Waals surface area contributed by atoms with Gasteiger partial charge in [0.1, 0.15) is 5.82 Å². The zero-order valence-corrected chi connectivity index (χ0v) is 14.5. The molecule has 130 valence electrons. The van der Waals surface area contributed by atoms with Crippen LogP contribution in [0.5, 0.6) is 0 Å². The molecule has 3 aromatic heterocycles. The van der Waals surface area contributed by atoms with Crippen LogP contribution < -0.4 is 5.32 Å². The Morgan fingerprint density at radius 1 is 1.23 bits per heavy atom. The van der Waals surface area contributed by atoms with Crippen molar-refractivity contribution in [3.8, 4) is 5.82 Å². The number of pyridine rings is 1. The van der Waals surface area contributed by atoms with Crippen LogP contribution in [0.25, 0.3) is 16.9 Å². The summed E-state index contributed by atoms with van der Waals surface area (Å²) < 4.78 is 3.69. The highest BCUT2D eigenvalue weighted by Gasteiger charge is 2.10. The molecule has 3 heterocycles. The number of imidazole rings is 1. The summed E-state index contributed by atoms with van der Waals surface area (Å²) in [5.41, 5.74) is 3.35. The molecule has 4 rings (SSSR count). The summed E-state index contributed by atoms with van der Waals surface area (Å²) in [5.74, 6) is 1.52. The quantitative estimate of drug-likeness (QED) is 0.615. The first-order valence-electron chi connectivity index (χ1n) is 8.28. The summed E-state index contributed by atoms with van der Waals surface area (Å²) in [5, 5.41) is 7.06. The highest BCUT2D eigenvalue weighted by Crippen LogP contribution is 2.16. The van der Waals surface area contributed by atoms with Crippen molar-refractivity contribution in [2.45, 2.75) is 13.5 Å². The average Bonchev–Trinajstić information content (AvgIpc) is 3.29. The van der Waals surface area contributed by atoms with Gasteiger partial charge in [-0.2, -0.15) is 5.10 Å². The molecule has 0 unspecified atom stereocenters.